The van der Waals surface area contributed by atoms with Crippen molar-refractivity contribution >= 4 is 22.8 Å². The molecule has 1 aliphatic rings. The Kier molecular flexibility index (Phi) is 3.08. The van der Waals surface area contributed by atoms with E-state index in [2.05, 4.69) is 15.0 Å². The summed E-state index contributed by atoms with van der Waals surface area (Å²) in [5, 5.41) is 0. The third kappa shape index (κ3) is 2.14. The Hall–Kier alpha value is -2.73. The summed E-state index contributed by atoms with van der Waals surface area (Å²) in [4.78, 5) is 25.9. The summed E-state index contributed by atoms with van der Waals surface area (Å²) in [6, 6.07) is 11.2. The maximum atomic E-state index is 12.7. The predicted molar refractivity (Wildman–Crippen MR) is 81.4 cm³/mol. The number of amides is 1. The zero-order chi connectivity index (χ0) is 14.9. The fourth-order valence-corrected chi connectivity index (χ4v) is 2.68. The SMILES string of the molecule is O=C1C(c2ccc3nc[nH]c3c2)OCCN1c1ccccn1. The molecule has 110 valence electrons. The summed E-state index contributed by atoms with van der Waals surface area (Å²) < 4.78 is 5.70. The van der Waals surface area contributed by atoms with Crippen molar-refractivity contribution in [2.24, 2.45) is 0 Å². The average molecular weight is 294 g/mol. The van der Waals surface area contributed by atoms with Crippen molar-refractivity contribution < 1.29 is 9.53 Å². The third-order valence-corrected chi connectivity index (χ3v) is 3.76. The Morgan fingerprint density at radius 3 is 3.05 bits per heavy atom. The van der Waals surface area contributed by atoms with Gasteiger partial charge in [-0.05, 0) is 29.8 Å². The van der Waals surface area contributed by atoms with Gasteiger partial charge in [-0.15, -0.1) is 0 Å². The Morgan fingerprint density at radius 1 is 1.23 bits per heavy atom. The van der Waals surface area contributed by atoms with Crippen molar-refractivity contribution in [2.45, 2.75) is 6.10 Å². The number of anilines is 1. The van der Waals surface area contributed by atoms with Crippen LogP contribution in [0.2, 0.25) is 0 Å². The minimum absolute atomic E-state index is 0.0937. The van der Waals surface area contributed by atoms with Crippen LogP contribution in [0.25, 0.3) is 11.0 Å². The van der Waals surface area contributed by atoms with E-state index in [9.17, 15) is 4.79 Å². The Balaban J connectivity index is 1.68. The van der Waals surface area contributed by atoms with Crippen molar-refractivity contribution in [3.05, 3.63) is 54.5 Å². The topological polar surface area (TPSA) is 71.1 Å². The van der Waals surface area contributed by atoms with Crippen molar-refractivity contribution in [1.29, 1.82) is 0 Å². The molecule has 3 aromatic rings. The van der Waals surface area contributed by atoms with E-state index in [1.807, 2.05) is 36.4 Å². The smallest absolute Gasteiger partial charge is 0.261 e. The lowest BCUT2D eigenvalue weighted by Crippen LogP contribution is -2.44. The molecule has 1 aromatic carbocycles. The molecule has 1 N–H and O–H groups in total. The number of hydrogen-bond donors (Lipinski definition) is 1. The van der Waals surface area contributed by atoms with E-state index >= 15 is 0 Å². The number of benzene rings is 1. The normalized spacial score (nSPS) is 18.8. The summed E-state index contributed by atoms with van der Waals surface area (Å²) in [5.74, 6) is 0.562. The van der Waals surface area contributed by atoms with Crippen LogP contribution in [0.15, 0.2) is 48.9 Å². The van der Waals surface area contributed by atoms with Gasteiger partial charge in [0.05, 0.1) is 30.5 Å². The van der Waals surface area contributed by atoms with E-state index in [1.54, 1.807) is 17.4 Å². The highest BCUT2D eigenvalue weighted by atomic mass is 16.5. The largest absolute Gasteiger partial charge is 0.362 e. The average Bonchev–Trinajstić information content (AvgIpc) is 3.03. The number of morpholine rings is 1. The first-order valence-electron chi connectivity index (χ1n) is 7.10. The second-order valence-electron chi connectivity index (χ2n) is 5.11. The third-order valence-electron chi connectivity index (χ3n) is 3.76. The van der Waals surface area contributed by atoms with Crippen LogP contribution in [-0.2, 0) is 9.53 Å². The monoisotopic (exact) mass is 294 g/mol. The molecule has 4 rings (SSSR count). The highest BCUT2D eigenvalue weighted by Crippen LogP contribution is 2.27. The molecule has 1 atom stereocenters. The van der Waals surface area contributed by atoms with Crippen LogP contribution in [0.3, 0.4) is 0 Å². The van der Waals surface area contributed by atoms with Crippen molar-refractivity contribution in [3.63, 3.8) is 0 Å². The molecule has 22 heavy (non-hydrogen) atoms. The number of nitrogens with one attached hydrogen (secondary N) is 1. The lowest BCUT2D eigenvalue weighted by Gasteiger charge is -2.31. The zero-order valence-electron chi connectivity index (χ0n) is 11.8. The number of carbonyl (C=O) groups is 1. The Bertz CT molecular complexity index is 815. The Morgan fingerprint density at radius 2 is 2.18 bits per heavy atom. The molecule has 0 radical (unpaired) electrons. The number of pyridine rings is 1. The molecular weight excluding hydrogens is 280 g/mol. The summed E-state index contributed by atoms with van der Waals surface area (Å²) >= 11 is 0. The number of H-pyrrole nitrogens is 1. The first-order chi connectivity index (χ1) is 10.8. The van der Waals surface area contributed by atoms with Gasteiger partial charge in [-0.25, -0.2) is 9.97 Å². The lowest BCUT2D eigenvalue weighted by molar-refractivity contribution is -0.134. The lowest BCUT2D eigenvalue weighted by atomic mass is 10.1. The van der Waals surface area contributed by atoms with Crippen LogP contribution in [0.5, 0.6) is 0 Å². The highest BCUT2D eigenvalue weighted by Gasteiger charge is 2.32. The first-order valence-corrected chi connectivity index (χ1v) is 7.10. The van der Waals surface area contributed by atoms with Crippen molar-refractivity contribution in [1.82, 2.24) is 15.0 Å². The van der Waals surface area contributed by atoms with Gasteiger partial charge in [-0.1, -0.05) is 12.1 Å². The second-order valence-corrected chi connectivity index (χ2v) is 5.11. The number of aromatic amines is 1. The molecule has 6 heteroatoms. The van der Waals surface area contributed by atoms with Gasteiger partial charge in [-0.2, -0.15) is 0 Å². The number of hydrogen-bond acceptors (Lipinski definition) is 4. The van der Waals surface area contributed by atoms with E-state index < -0.39 is 6.10 Å². The van der Waals surface area contributed by atoms with E-state index in [4.69, 9.17) is 4.74 Å². The fraction of sp³-hybridized carbons (Fsp3) is 0.188. The van der Waals surface area contributed by atoms with Crippen LogP contribution in [0.1, 0.15) is 11.7 Å². The molecule has 3 heterocycles. The zero-order valence-corrected chi connectivity index (χ0v) is 11.8. The molecule has 0 saturated carbocycles. The predicted octanol–water partition coefficient (Wildman–Crippen LogP) is 2.06. The summed E-state index contributed by atoms with van der Waals surface area (Å²) in [6.07, 6.45) is 2.71. The van der Waals surface area contributed by atoms with Gasteiger partial charge >= 0.3 is 0 Å². The number of aromatic nitrogens is 3. The number of rotatable bonds is 2. The van der Waals surface area contributed by atoms with Gasteiger partial charge in [0.2, 0.25) is 0 Å². The van der Waals surface area contributed by atoms with Crippen LogP contribution < -0.4 is 4.90 Å². The molecule has 1 unspecified atom stereocenters. The number of ether oxygens (including phenoxy) is 1. The van der Waals surface area contributed by atoms with Crippen LogP contribution >= 0.6 is 0 Å². The van der Waals surface area contributed by atoms with Crippen LogP contribution in [-0.4, -0.2) is 34.0 Å². The van der Waals surface area contributed by atoms with Crippen LogP contribution in [0.4, 0.5) is 5.82 Å². The van der Waals surface area contributed by atoms with E-state index in [0.717, 1.165) is 16.6 Å². The summed E-state index contributed by atoms with van der Waals surface area (Å²) in [6.45, 7) is 0.993. The van der Waals surface area contributed by atoms with Gasteiger partial charge in [0.15, 0.2) is 6.10 Å². The van der Waals surface area contributed by atoms with E-state index in [-0.39, 0.29) is 5.91 Å². The summed E-state index contributed by atoms with van der Waals surface area (Å²) in [5.41, 5.74) is 2.58. The van der Waals surface area contributed by atoms with Crippen LogP contribution in [0, 0.1) is 0 Å². The van der Waals surface area contributed by atoms with E-state index in [0.29, 0.717) is 19.0 Å². The van der Waals surface area contributed by atoms with Crippen molar-refractivity contribution in [3.8, 4) is 0 Å². The fourth-order valence-electron chi connectivity index (χ4n) is 2.68. The maximum Gasteiger partial charge on any atom is 0.261 e. The standard InChI is InChI=1S/C16H14N4O2/c21-16-15(11-4-5-12-13(9-11)19-10-18-12)22-8-7-20(16)14-3-1-2-6-17-14/h1-6,9-10,15H,7-8H2,(H,18,19). The molecule has 1 saturated heterocycles. The molecular formula is C16H14N4O2. The van der Waals surface area contributed by atoms with Gasteiger partial charge < -0.3 is 9.72 Å². The molecule has 6 nitrogen and oxygen atoms in total. The van der Waals surface area contributed by atoms with Gasteiger partial charge in [0.25, 0.3) is 5.91 Å². The van der Waals surface area contributed by atoms with E-state index in [1.165, 1.54) is 0 Å². The maximum absolute atomic E-state index is 12.7. The second kappa shape index (κ2) is 5.23. The summed E-state index contributed by atoms with van der Waals surface area (Å²) in [7, 11) is 0. The van der Waals surface area contributed by atoms with Gasteiger partial charge in [-0.3, -0.25) is 9.69 Å². The molecule has 1 aliphatic heterocycles. The first kappa shape index (κ1) is 13.0. The molecule has 1 fully saturated rings. The van der Waals surface area contributed by atoms with Gasteiger partial charge in [0, 0.05) is 6.20 Å². The van der Waals surface area contributed by atoms with Crippen molar-refractivity contribution in [2.75, 3.05) is 18.1 Å². The number of fused-ring (bicyclic) bond motifs is 1. The Labute approximate surface area is 126 Å². The number of carbonyl (C=O) groups excluding carboxylic acids is 1. The quantitative estimate of drug-likeness (QED) is 0.785. The molecule has 0 spiro atoms. The molecule has 0 aliphatic carbocycles. The molecule has 2 aromatic heterocycles. The number of nitrogens with zero attached hydrogens (tertiary/aromatic N) is 3. The molecule has 0 bridgehead atoms. The molecule has 1 amide bonds. The highest BCUT2D eigenvalue weighted by molar-refractivity contribution is 5.97. The minimum Gasteiger partial charge on any atom is -0.362 e. The number of imidazole rings is 1. The minimum atomic E-state index is -0.608. The van der Waals surface area contributed by atoms with Gasteiger partial charge in [0.1, 0.15) is 5.82 Å².